The van der Waals surface area contributed by atoms with E-state index in [4.69, 9.17) is 9.52 Å². The van der Waals surface area contributed by atoms with Crippen molar-refractivity contribution >= 4 is 11.9 Å². The summed E-state index contributed by atoms with van der Waals surface area (Å²) in [6, 6.07) is 13.1. The normalized spacial score (nSPS) is 19.6. The van der Waals surface area contributed by atoms with Crippen LogP contribution in [0, 0.1) is 5.92 Å². The first-order valence-corrected chi connectivity index (χ1v) is 7.23. The Morgan fingerprint density at radius 3 is 2.59 bits per heavy atom. The fraction of sp³-hybridized carbons (Fsp3) is 0.294. The molecule has 1 aliphatic rings. The van der Waals surface area contributed by atoms with Gasteiger partial charge in [-0.15, -0.1) is 0 Å². The third-order valence-electron chi connectivity index (χ3n) is 3.87. The number of hydrogen-bond donors (Lipinski definition) is 1. The van der Waals surface area contributed by atoms with Crippen molar-refractivity contribution in [2.75, 3.05) is 6.54 Å². The first kappa shape index (κ1) is 14.4. The van der Waals surface area contributed by atoms with Gasteiger partial charge in [0, 0.05) is 18.4 Å². The van der Waals surface area contributed by atoms with Crippen molar-refractivity contribution in [3.8, 4) is 0 Å². The number of amides is 1. The highest BCUT2D eigenvalue weighted by Gasteiger charge is 2.47. The lowest BCUT2D eigenvalue weighted by Gasteiger charge is -2.21. The van der Waals surface area contributed by atoms with Crippen LogP contribution in [0.4, 0.5) is 0 Å². The molecule has 2 atom stereocenters. The number of benzene rings is 1. The van der Waals surface area contributed by atoms with Gasteiger partial charge in [-0.05, 0) is 24.1 Å². The molecular weight excluding hydrogens is 282 g/mol. The zero-order valence-corrected chi connectivity index (χ0v) is 12.0. The predicted octanol–water partition coefficient (Wildman–Crippen LogP) is 2.50. The van der Waals surface area contributed by atoms with E-state index in [0.717, 1.165) is 17.7 Å². The number of carbonyl (C=O) groups excluding carboxylic acids is 1. The summed E-state index contributed by atoms with van der Waals surface area (Å²) in [5, 5.41) is 9.05. The molecule has 1 aromatic heterocycles. The molecular formula is C17H17NO4. The van der Waals surface area contributed by atoms with Crippen LogP contribution in [-0.4, -0.2) is 28.4 Å². The molecule has 1 N–H and O–H groups in total. The molecule has 0 bridgehead atoms. The molecule has 114 valence electrons. The molecule has 0 radical (unpaired) electrons. The van der Waals surface area contributed by atoms with Crippen LogP contribution in [-0.2, 0) is 16.1 Å². The van der Waals surface area contributed by atoms with Crippen molar-refractivity contribution in [2.24, 2.45) is 5.92 Å². The van der Waals surface area contributed by atoms with Crippen LogP contribution in [0.3, 0.4) is 0 Å². The lowest BCUT2D eigenvalue weighted by atomic mass is 10.2. The third-order valence-corrected chi connectivity index (χ3v) is 3.87. The number of rotatable bonds is 6. The highest BCUT2D eigenvalue weighted by Crippen LogP contribution is 2.48. The molecule has 5 nitrogen and oxygen atoms in total. The molecule has 2 aromatic rings. The molecule has 1 heterocycles. The van der Waals surface area contributed by atoms with Crippen molar-refractivity contribution < 1.29 is 19.1 Å². The maximum atomic E-state index is 12.6. The quantitative estimate of drug-likeness (QED) is 0.889. The van der Waals surface area contributed by atoms with E-state index in [2.05, 4.69) is 0 Å². The molecule has 1 aromatic carbocycles. The number of carboxylic acid groups (broad SMARTS) is 1. The van der Waals surface area contributed by atoms with Crippen molar-refractivity contribution in [2.45, 2.75) is 18.9 Å². The van der Waals surface area contributed by atoms with Gasteiger partial charge in [-0.3, -0.25) is 9.59 Å². The van der Waals surface area contributed by atoms with E-state index in [-0.39, 0.29) is 24.3 Å². The minimum absolute atomic E-state index is 0.0783. The second kappa shape index (κ2) is 6.05. The number of furan rings is 1. The molecule has 0 saturated heterocycles. The topological polar surface area (TPSA) is 70.8 Å². The fourth-order valence-corrected chi connectivity index (χ4v) is 2.70. The average Bonchev–Trinajstić information content (AvgIpc) is 3.11. The van der Waals surface area contributed by atoms with Crippen molar-refractivity contribution in [3.05, 3.63) is 60.1 Å². The van der Waals surface area contributed by atoms with Crippen LogP contribution < -0.4 is 0 Å². The fourth-order valence-electron chi connectivity index (χ4n) is 2.70. The molecule has 0 spiro atoms. The summed E-state index contributed by atoms with van der Waals surface area (Å²) in [5.74, 6) is -0.413. The maximum absolute atomic E-state index is 12.6. The van der Waals surface area contributed by atoms with Gasteiger partial charge in [0.25, 0.3) is 0 Å². The number of carbonyl (C=O) groups is 2. The Labute approximate surface area is 128 Å². The Morgan fingerprint density at radius 2 is 1.95 bits per heavy atom. The minimum atomic E-state index is -1.00. The summed E-state index contributed by atoms with van der Waals surface area (Å²) in [5.41, 5.74) is 0.923. The van der Waals surface area contributed by atoms with Gasteiger partial charge < -0.3 is 14.4 Å². The molecule has 1 saturated carbocycles. The monoisotopic (exact) mass is 299 g/mol. The van der Waals surface area contributed by atoms with Crippen molar-refractivity contribution in [3.63, 3.8) is 0 Å². The second-order valence-electron chi connectivity index (χ2n) is 5.54. The lowest BCUT2D eigenvalue weighted by Crippen LogP contribution is -2.36. The Kier molecular flexibility index (Phi) is 3.96. The summed E-state index contributed by atoms with van der Waals surface area (Å²) in [7, 11) is 0. The number of aliphatic carboxylic acids is 1. The Balaban J connectivity index is 1.69. The summed E-state index contributed by atoms with van der Waals surface area (Å²) in [6.07, 6.45) is 2.31. The predicted molar refractivity (Wildman–Crippen MR) is 79.1 cm³/mol. The summed E-state index contributed by atoms with van der Waals surface area (Å²) in [4.78, 5) is 25.0. The molecule has 22 heavy (non-hydrogen) atoms. The van der Waals surface area contributed by atoms with Crippen LogP contribution in [0.5, 0.6) is 0 Å². The molecule has 3 rings (SSSR count). The zero-order chi connectivity index (χ0) is 15.5. The van der Waals surface area contributed by atoms with Crippen LogP contribution in [0.15, 0.2) is 53.1 Å². The summed E-state index contributed by atoms with van der Waals surface area (Å²) >= 11 is 0. The van der Waals surface area contributed by atoms with Gasteiger partial charge in [-0.2, -0.15) is 0 Å². The Hall–Kier alpha value is -2.56. The van der Waals surface area contributed by atoms with Gasteiger partial charge in [0.1, 0.15) is 12.3 Å². The van der Waals surface area contributed by atoms with E-state index in [9.17, 15) is 9.59 Å². The van der Waals surface area contributed by atoms with E-state index in [1.165, 1.54) is 4.90 Å². The zero-order valence-electron chi connectivity index (χ0n) is 12.0. The van der Waals surface area contributed by atoms with Crippen LogP contribution in [0.2, 0.25) is 0 Å². The first-order valence-electron chi connectivity index (χ1n) is 7.23. The Morgan fingerprint density at radius 1 is 1.18 bits per heavy atom. The number of nitrogens with zero attached hydrogens (tertiary/aromatic N) is 1. The molecule has 1 aliphatic carbocycles. The number of hydrogen-bond acceptors (Lipinski definition) is 3. The molecule has 1 fully saturated rings. The second-order valence-corrected chi connectivity index (χ2v) is 5.54. The average molecular weight is 299 g/mol. The van der Waals surface area contributed by atoms with Gasteiger partial charge >= 0.3 is 5.97 Å². The van der Waals surface area contributed by atoms with Gasteiger partial charge in [-0.25, -0.2) is 0 Å². The molecule has 0 aliphatic heterocycles. The molecule has 0 unspecified atom stereocenters. The Bertz CT molecular complexity index is 651. The van der Waals surface area contributed by atoms with E-state index in [1.54, 1.807) is 12.3 Å². The summed E-state index contributed by atoms with van der Waals surface area (Å²) < 4.78 is 5.33. The van der Waals surface area contributed by atoms with E-state index >= 15 is 0 Å². The van der Waals surface area contributed by atoms with Crippen molar-refractivity contribution in [1.82, 2.24) is 4.90 Å². The highest BCUT2D eigenvalue weighted by molar-refractivity contribution is 5.86. The summed E-state index contributed by atoms with van der Waals surface area (Å²) in [6.45, 7) is 0.0302. The van der Waals surface area contributed by atoms with E-state index < -0.39 is 5.97 Å². The lowest BCUT2D eigenvalue weighted by molar-refractivity contribution is -0.145. The first-order chi connectivity index (χ1) is 10.6. The molecule has 1 amide bonds. The van der Waals surface area contributed by atoms with E-state index in [1.807, 2.05) is 36.4 Å². The molecule has 5 heteroatoms. The van der Waals surface area contributed by atoms with Crippen LogP contribution in [0.25, 0.3) is 0 Å². The van der Waals surface area contributed by atoms with E-state index in [0.29, 0.717) is 6.54 Å². The third kappa shape index (κ3) is 3.19. The van der Waals surface area contributed by atoms with Crippen molar-refractivity contribution in [1.29, 1.82) is 0 Å². The maximum Gasteiger partial charge on any atom is 0.323 e. The van der Waals surface area contributed by atoms with Gasteiger partial charge in [0.15, 0.2) is 0 Å². The smallest absolute Gasteiger partial charge is 0.323 e. The van der Waals surface area contributed by atoms with Crippen LogP contribution >= 0.6 is 0 Å². The number of carboxylic acids is 1. The van der Waals surface area contributed by atoms with Gasteiger partial charge in [0.05, 0.1) is 6.26 Å². The van der Waals surface area contributed by atoms with Gasteiger partial charge in [0.2, 0.25) is 5.91 Å². The standard InChI is InChI=1S/C17H17NO4/c19-16(20)11-18(10-12-5-2-1-3-6-12)17(21)14-9-13(14)15-7-4-8-22-15/h1-8,13-14H,9-11H2,(H,19,20)/t13-,14-/m0/s1. The van der Waals surface area contributed by atoms with Crippen LogP contribution in [0.1, 0.15) is 23.7 Å². The minimum Gasteiger partial charge on any atom is -0.480 e. The largest absolute Gasteiger partial charge is 0.480 e. The van der Waals surface area contributed by atoms with Gasteiger partial charge in [-0.1, -0.05) is 30.3 Å². The SMILES string of the molecule is O=C(O)CN(Cc1ccccc1)C(=O)[C@H]1C[C@@H]1c1ccco1. The highest BCUT2D eigenvalue weighted by atomic mass is 16.4.